The first-order chi connectivity index (χ1) is 6.68. The van der Waals surface area contributed by atoms with E-state index in [1.165, 1.54) is 12.3 Å². The van der Waals surface area contributed by atoms with Gasteiger partial charge in [-0.1, -0.05) is 11.8 Å². The van der Waals surface area contributed by atoms with Gasteiger partial charge in [0.2, 0.25) is 0 Å². The molecule has 2 aromatic rings. The minimum atomic E-state index is -0.341. The summed E-state index contributed by atoms with van der Waals surface area (Å²) in [6.07, 6.45) is 1.51. The summed E-state index contributed by atoms with van der Waals surface area (Å²) in [7, 11) is 0. The molecule has 0 spiro atoms. The van der Waals surface area contributed by atoms with Gasteiger partial charge in [0, 0.05) is 11.6 Å². The van der Waals surface area contributed by atoms with Gasteiger partial charge in [0.15, 0.2) is 0 Å². The van der Waals surface area contributed by atoms with Crippen LogP contribution in [-0.4, -0.2) is 15.4 Å². The second-order valence-electron chi connectivity index (χ2n) is 2.81. The third-order valence-corrected chi connectivity index (χ3v) is 1.89. The maximum atomic E-state index is 11.4. The fourth-order valence-corrected chi connectivity index (χ4v) is 1.26. The number of fused-ring (bicyclic) bond motifs is 1. The van der Waals surface area contributed by atoms with Crippen molar-refractivity contribution in [1.29, 1.82) is 0 Å². The van der Waals surface area contributed by atoms with Gasteiger partial charge in [0.05, 0.1) is 11.2 Å². The van der Waals surface area contributed by atoms with Crippen molar-refractivity contribution < 1.29 is 15.5 Å². The highest BCUT2D eigenvalue weighted by molar-refractivity contribution is 5.87. The second kappa shape index (κ2) is 3.13. The van der Waals surface area contributed by atoms with E-state index in [-0.39, 0.29) is 16.7 Å². The summed E-state index contributed by atoms with van der Waals surface area (Å²) >= 11 is 0. The van der Waals surface area contributed by atoms with Crippen molar-refractivity contribution in [3.05, 3.63) is 30.5 Å². The molecule has 5 heteroatoms. The first-order valence-electron chi connectivity index (χ1n) is 3.92. The summed E-state index contributed by atoms with van der Waals surface area (Å²) in [4.78, 5) is 3.89. The Morgan fingerprint density at radius 3 is 2.79 bits per heavy atom. The standard InChI is InChI=1S/C9H8N2O3/c12-8-5-7(11(13)14)4-6-2-1-3-10-9(6)8/h1-5,12-14H/p-1. The normalized spacial score (nSPS) is 10.4. The van der Waals surface area contributed by atoms with Crippen LogP contribution in [0.1, 0.15) is 0 Å². The number of anilines is 1. The Hall–Kier alpha value is -1.85. The third kappa shape index (κ3) is 1.34. The Kier molecular flexibility index (Phi) is 1.95. The van der Waals surface area contributed by atoms with Crippen LogP contribution in [0.25, 0.3) is 10.9 Å². The lowest BCUT2D eigenvalue weighted by Crippen LogP contribution is -2.11. The lowest BCUT2D eigenvalue weighted by atomic mass is 10.2. The molecule has 0 saturated carbocycles. The topological polar surface area (TPSA) is 79.7 Å². The van der Waals surface area contributed by atoms with Gasteiger partial charge in [-0.3, -0.25) is 15.4 Å². The zero-order valence-electron chi connectivity index (χ0n) is 7.08. The molecule has 2 N–H and O–H groups in total. The molecule has 1 aromatic carbocycles. The number of pyridine rings is 1. The van der Waals surface area contributed by atoms with E-state index >= 15 is 0 Å². The minimum absolute atomic E-state index is 0.0236. The molecule has 1 heterocycles. The van der Waals surface area contributed by atoms with Crippen LogP contribution in [0.2, 0.25) is 0 Å². The van der Waals surface area contributed by atoms with Crippen molar-refractivity contribution in [3.63, 3.8) is 0 Å². The molecular formula is C9H7N2O3-. The molecule has 1 aromatic heterocycles. The molecule has 72 valence electrons. The molecule has 0 unspecified atom stereocenters. The van der Waals surface area contributed by atoms with Gasteiger partial charge in [-0.15, -0.1) is 5.23 Å². The van der Waals surface area contributed by atoms with Gasteiger partial charge in [-0.2, -0.15) is 0 Å². The lowest BCUT2D eigenvalue weighted by Gasteiger charge is -2.14. The molecule has 0 atom stereocenters. The quantitative estimate of drug-likeness (QED) is 0.654. The maximum absolute atomic E-state index is 11.4. The molecule has 14 heavy (non-hydrogen) atoms. The Bertz CT molecular complexity index is 471. The van der Waals surface area contributed by atoms with Crippen molar-refractivity contribution in [3.8, 4) is 5.75 Å². The van der Waals surface area contributed by atoms with E-state index < -0.39 is 0 Å². The van der Waals surface area contributed by atoms with Gasteiger partial charge in [0.25, 0.3) is 0 Å². The van der Waals surface area contributed by atoms with Crippen molar-refractivity contribution in [2.24, 2.45) is 0 Å². The monoisotopic (exact) mass is 191 g/mol. The largest absolute Gasteiger partial charge is 0.871 e. The van der Waals surface area contributed by atoms with Gasteiger partial charge in [0.1, 0.15) is 0 Å². The van der Waals surface area contributed by atoms with Crippen LogP contribution < -0.4 is 10.3 Å². The minimum Gasteiger partial charge on any atom is -0.871 e. The zero-order valence-corrected chi connectivity index (χ0v) is 7.08. The molecule has 0 aliphatic carbocycles. The summed E-state index contributed by atoms with van der Waals surface area (Å²) in [6, 6.07) is 5.92. The van der Waals surface area contributed by atoms with E-state index in [1.807, 2.05) is 0 Å². The Labute approximate surface area is 79.4 Å². The lowest BCUT2D eigenvalue weighted by molar-refractivity contribution is -0.266. The van der Waals surface area contributed by atoms with Crippen LogP contribution in [0.5, 0.6) is 5.75 Å². The number of aromatic nitrogens is 1. The van der Waals surface area contributed by atoms with E-state index in [1.54, 1.807) is 12.1 Å². The number of rotatable bonds is 1. The highest BCUT2D eigenvalue weighted by atomic mass is 16.8. The highest BCUT2D eigenvalue weighted by Gasteiger charge is 2.02. The predicted octanol–water partition coefficient (Wildman–Crippen LogP) is 0.893. The SMILES string of the molecule is [O-]c1cc(N(O)O)cc2cccnc12. The van der Waals surface area contributed by atoms with Crippen LogP contribution in [0.4, 0.5) is 5.69 Å². The summed E-state index contributed by atoms with van der Waals surface area (Å²) in [5.41, 5.74) is 0.341. The van der Waals surface area contributed by atoms with E-state index in [9.17, 15) is 5.11 Å². The first kappa shape index (κ1) is 8.74. The van der Waals surface area contributed by atoms with Crippen LogP contribution in [0.3, 0.4) is 0 Å². The average Bonchev–Trinajstić information content (AvgIpc) is 2.17. The van der Waals surface area contributed by atoms with E-state index in [4.69, 9.17) is 10.4 Å². The Balaban J connectivity index is 2.72. The number of benzene rings is 1. The van der Waals surface area contributed by atoms with Crippen molar-refractivity contribution in [1.82, 2.24) is 4.98 Å². The zero-order chi connectivity index (χ0) is 10.1. The van der Waals surface area contributed by atoms with Crippen LogP contribution in [-0.2, 0) is 0 Å². The molecule has 0 radical (unpaired) electrons. The van der Waals surface area contributed by atoms with Crippen LogP contribution >= 0.6 is 0 Å². The summed E-state index contributed by atoms with van der Waals surface area (Å²) in [5.74, 6) is -0.341. The molecule has 0 bridgehead atoms. The fourth-order valence-electron chi connectivity index (χ4n) is 1.26. The van der Waals surface area contributed by atoms with Gasteiger partial charge in [-0.05, 0) is 18.2 Å². The molecule has 2 rings (SSSR count). The molecule has 0 saturated heterocycles. The molecule has 0 amide bonds. The average molecular weight is 191 g/mol. The maximum Gasteiger partial charge on any atom is 0.0944 e. The van der Waals surface area contributed by atoms with E-state index in [2.05, 4.69) is 4.98 Å². The van der Waals surface area contributed by atoms with Crippen molar-refractivity contribution in [2.75, 3.05) is 5.23 Å². The van der Waals surface area contributed by atoms with Gasteiger partial charge < -0.3 is 5.11 Å². The first-order valence-corrected chi connectivity index (χ1v) is 3.92. The Morgan fingerprint density at radius 2 is 2.07 bits per heavy atom. The molecule has 5 nitrogen and oxygen atoms in total. The van der Waals surface area contributed by atoms with E-state index in [0.29, 0.717) is 10.9 Å². The summed E-state index contributed by atoms with van der Waals surface area (Å²) in [5, 5.41) is 29.3. The van der Waals surface area contributed by atoms with Crippen LogP contribution in [0.15, 0.2) is 30.5 Å². The molecule has 0 fully saturated rings. The third-order valence-electron chi connectivity index (χ3n) is 1.89. The van der Waals surface area contributed by atoms with Crippen LogP contribution in [0, 0.1) is 0 Å². The summed E-state index contributed by atoms with van der Waals surface area (Å²) in [6.45, 7) is 0. The highest BCUT2D eigenvalue weighted by Crippen LogP contribution is 2.25. The fraction of sp³-hybridized carbons (Fsp3) is 0. The molecule has 0 aliphatic rings. The smallest absolute Gasteiger partial charge is 0.0944 e. The van der Waals surface area contributed by atoms with Gasteiger partial charge >= 0.3 is 0 Å². The second-order valence-corrected chi connectivity index (χ2v) is 2.81. The summed E-state index contributed by atoms with van der Waals surface area (Å²) < 4.78 is 0. The van der Waals surface area contributed by atoms with Crippen molar-refractivity contribution >= 4 is 16.6 Å². The predicted molar refractivity (Wildman–Crippen MR) is 47.2 cm³/mol. The van der Waals surface area contributed by atoms with Crippen molar-refractivity contribution in [2.45, 2.75) is 0 Å². The van der Waals surface area contributed by atoms with E-state index in [0.717, 1.165) is 6.07 Å². The molecular weight excluding hydrogens is 184 g/mol. The molecule has 0 aliphatic heterocycles. The van der Waals surface area contributed by atoms with Gasteiger partial charge in [-0.25, -0.2) is 0 Å². The number of hydrogen-bond donors (Lipinski definition) is 2. The number of nitrogens with zero attached hydrogens (tertiary/aromatic N) is 2. The number of hydrogen-bond acceptors (Lipinski definition) is 5. The Morgan fingerprint density at radius 1 is 1.29 bits per heavy atom.